The van der Waals surface area contributed by atoms with E-state index in [1.54, 1.807) is 6.08 Å². The van der Waals surface area contributed by atoms with E-state index >= 15 is 0 Å². The number of carbonyl (C=O) groups is 2. The van der Waals surface area contributed by atoms with Gasteiger partial charge in [0.05, 0.1) is 17.0 Å². The zero-order valence-electron chi connectivity index (χ0n) is 12.8. The van der Waals surface area contributed by atoms with Crippen molar-refractivity contribution in [2.45, 2.75) is 19.3 Å². The summed E-state index contributed by atoms with van der Waals surface area (Å²) in [6, 6.07) is 0.243. The van der Waals surface area contributed by atoms with Gasteiger partial charge in [0.1, 0.15) is 0 Å². The summed E-state index contributed by atoms with van der Waals surface area (Å²) in [6.45, 7) is 4.51. The number of hydrogen-bond acceptors (Lipinski definition) is 4. The van der Waals surface area contributed by atoms with Gasteiger partial charge >= 0.3 is 11.9 Å². The summed E-state index contributed by atoms with van der Waals surface area (Å²) in [5, 5.41) is 0. The Morgan fingerprint density at radius 2 is 1.89 bits per heavy atom. The Morgan fingerprint density at radius 1 is 1.28 bits per heavy atom. The first-order valence-electron chi connectivity index (χ1n) is 6.53. The van der Waals surface area contributed by atoms with Crippen LogP contribution in [0.25, 0.3) is 0 Å². The van der Waals surface area contributed by atoms with Crippen molar-refractivity contribution in [2.75, 3.05) is 14.2 Å². The van der Waals surface area contributed by atoms with E-state index in [-0.39, 0.29) is 18.9 Å². The minimum absolute atomic E-state index is 0.0201. The quantitative estimate of drug-likeness (QED) is 0.379. The monoisotopic (exact) mass is 254 g/mol. The maximum absolute atomic E-state index is 12.0. The molecule has 0 aliphatic carbocycles. The Hall–Kier alpha value is -1.84. The molecule has 0 atom stereocenters. The van der Waals surface area contributed by atoms with E-state index in [0.29, 0.717) is 6.42 Å². The number of allylic oxidation sites excluding steroid dienone is 4. The van der Waals surface area contributed by atoms with E-state index in [9.17, 15) is 9.59 Å². The highest BCUT2D eigenvalue weighted by Crippen LogP contribution is 2.31. The minimum Gasteiger partial charge on any atom is -0.468 e. The van der Waals surface area contributed by atoms with Crippen LogP contribution >= 0.6 is 0 Å². The summed E-state index contributed by atoms with van der Waals surface area (Å²) in [7, 11) is 2.36. The molecule has 0 unspecified atom stereocenters. The average Bonchev–Trinajstić information content (AvgIpc) is 2.46. The van der Waals surface area contributed by atoms with Crippen molar-refractivity contribution >= 4 is 11.9 Å². The maximum Gasteiger partial charge on any atom is 0.323 e. The normalized spacial score (nSPS) is 13.8. The van der Waals surface area contributed by atoms with Crippen LogP contribution in [0.2, 0.25) is 0 Å². The lowest BCUT2D eigenvalue weighted by Crippen LogP contribution is -2.40. The van der Waals surface area contributed by atoms with E-state index in [1.165, 1.54) is 26.4 Å². The van der Waals surface area contributed by atoms with Gasteiger partial charge in [-0.3, -0.25) is 9.59 Å². The number of rotatable bonds is 8. The lowest BCUT2D eigenvalue weighted by molar-refractivity contribution is -0.168. The molecule has 0 aromatic rings. The van der Waals surface area contributed by atoms with Crippen LogP contribution in [-0.2, 0) is 19.1 Å². The molecule has 0 radical (unpaired) electrons. The molecule has 0 N–H and O–H groups in total. The highest BCUT2D eigenvalue weighted by molar-refractivity contribution is 6.00. The highest BCUT2D eigenvalue weighted by Gasteiger charge is 2.46. The lowest BCUT2D eigenvalue weighted by atomic mass is 9.81. The molecule has 0 rings (SSSR count). The Bertz CT molecular complexity index is 397. The molecule has 0 bridgehead atoms. The third-order valence-corrected chi connectivity index (χ3v) is 2.48. The van der Waals surface area contributed by atoms with Gasteiger partial charge in [-0.2, -0.15) is 0 Å². The molecule has 0 aliphatic rings. The van der Waals surface area contributed by atoms with Crippen LogP contribution in [-0.4, -0.2) is 26.2 Å². The first-order chi connectivity index (χ1) is 9.48. The SMILES string of the molecule is [2H]C=CCC(C/C=C(\[2H])CC=C)(C(=O)OC)C(=O)OC. The average molecular weight is 254 g/mol. The molecule has 0 amide bonds. The molecule has 0 heterocycles. The van der Waals surface area contributed by atoms with Crippen molar-refractivity contribution in [2.24, 2.45) is 5.41 Å². The molecule has 0 saturated heterocycles. The lowest BCUT2D eigenvalue weighted by Gasteiger charge is -2.25. The van der Waals surface area contributed by atoms with Crippen LogP contribution in [0.15, 0.2) is 37.4 Å². The second-order valence-corrected chi connectivity index (χ2v) is 3.61. The van der Waals surface area contributed by atoms with E-state index in [1.807, 2.05) is 0 Å². The molecule has 0 saturated carbocycles. The molecule has 100 valence electrons. The molecule has 4 nitrogen and oxygen atoms in total. The van der Waals surface area contributed by atoms with Gasteiger partial charge in [-0.25, -0.2) is 0 Å². The van der Waals surface area contributed by atoms with E-state index in [2.05, 4.69) is 16.1 Å². The van der Waals surface area contributed by atoms with Gasteiger partial charge in [0.25, 0.3) is 0 Å². The minimum atomic E-state index is -1.56. The van der Waals surface area contributed by atoms with E-state index in [4.69, 9.17) is 2.74 Å². The molecule has 0 fully saturated rings. The van der Waals surface area contributed by atoms with Gasteiger partial charge in [0.15, 0.2) is 5.41 Å². The fraction of sp³-hybridized carbons (Fsp3) is 0.429. The fourth-order valence-corrected chi connectivity index (χ4v) is 1.50. The fourth-order valence-electron chi connectivity index (χ4n) is 1.50. The summed E-state index contributed by atoms with van der Waals surface area (Å²) in [5.41, 5.74) is -1.56. The molecule has 4 heteroatoms. The zero-order chi connectivity index (χ0) is 15.6. The second kappa shape index (κ2) is 8.28. The van der Waals surface area contributed by atoms with Crippen molar-refractivity contribution in [3.8, 4) is 0 Å². The first kappa shape index (κ1) is 12.6. The summed E-state index contributed by atoms with van der Waals surface area (Å²) in [6.07, 6.45) is 4.69. The molecular formula is C14H20O4. The summed E-state index contributed by atoms with van der Waals surface area (Å²) >= 11 is 0. The molecule has 0 aliphatic heterocycles. The second-order valence-electron chi connectivity index (χ2n) is 3.61. The van der Waals surface area contributed by atoms with E-state index in [0.717, 1.165) is 6.55 Å². The van der Waals surface area contributed by atoms with Crippen LogP contribution in [0.1, 0.15) is 22.0 Å². The van der Waals surface area contributed by atoms with Crippen molar-refractivity contribution in [3.05, 3.63) is 37.4 Å². The number of carbonyl (C=O) groups excluding carboxylic acids is 2. The highest BCUT2D eigenvalue weighted by atomic mass is 16.5. The zero-order valence-corrected chi connectivity index (χ0v) is 10.8. The largest absolute Gasteiger partial charge is 0.468 e. The number of methoxy groups -OCH3 is 2. The van der Waals surface area contributed by atoms with Crippen molar-refractivity contribution in [1.82, 2.24) is 0 Å². The van der Waals surface area contributed by atoms with Gasteiger partial charge in [-0.15, -0.1) is 13.1 Å². The molecular weight excluding hydrogens is 232 g/mol. The summed E-state index contributed by atoms with van der Waals surface area (Å²) in [5.74, 6) is -1.49. The van der Waals surface area contributed by atoms with Gasteiger partial charge in [-0.05, 0) is 19.3 Å². The molecule has 0 spiro atoms. The Labute approximate surface area is 111 Å². The van der Waals surface area contributed by atoms with Crippen molar-refractivity contribution < 1.29 is 21.8 Å². The predicted octanol–water partition coefficient (Wildman–Crippen LogP) is 2.42. The first-order valence-corrected chi connectivity index (χ1v) is 5.45. The summed E-state index contributed by atoms with van der Waals surface area (Å²) in [4.78, 5) is 24.0. The van der Waals surface area contributed by atoms with Gasteiger partial charge in [-0.1, -0.05) is 24.3 Å². The van der Waals surface area contributed by atoms with Crippen molar-refractivity contribution in [1.29, 1.82) is 0 Å². The van der Waals surface area contributed by atoms with Gasteiger partial charge in [0.2, 0.25) is 0 Å². The summed E-state index contributed by atoms with van der Waals surface area (Å²) < 4.78 is 24.0. The Balaban J connectivity index is 5.48. The van der Waals surface area contributed by atoms with Crippen LogP contribution in [0.4, 0.5) is 0 Å². The predicted molar refractivity (Wildman–Crippen MR) is 69.9 cm³/mol. The van der Waals surface area contributed by atoms with Crippen LogP contribution in [0, 0.1) is 5.41 Å². The van der Waals surface area contributed by atoms with E-state index < -0.39 is 17.4 Å². The van der Waals surface area contributed by atoms with Crippen LogP contribution in [0.5, 0.6) is 0 Å². The van der Waals surface area contributed by atoms with Gasteiger partial charge < -0.3 is 9.47 Å². The smallest absolute Gasteiger partial charge is 0.323 e. The molecule has 0 aromatic carbocycles. The third-order valence-electron chi connectivity index (χ3n) is 2.48. The van der Waals surface area contributed by atoms with Gasteiger partial charge in [0, 0.05) is 0 Å². The van der Waals surface area contributed by atoms with Crippen LogP contribution < -0.4 is 0 Å². The Kier molecular flexibility index (Phi) is 5.80. The maximum atomic E-state index is 12.0. The molecule has 0 aromatic heterocycles. The topological polar surface area (TPSA) is 52.6 Å². The van der Waals surface area contributed by atoms with Crippen molar-refractivity contribution in [3.63, 3.8) is 0 Å². The third kappa shape index (κ3) is 3.87. The van der Waals surface area contributed by atoms with Crippen LogP contribution in [0.3, 0.4) is 0 Å². The number of ether oxygens (including phenoxy) is 2. The standard InChI is InChI=1S/C14H20O4/c1-5-7-8-9-11-14(10-6-2,12(15)17-3)13(16)18-4/h5-6,8-9H,1-2,7,10-11H2,3-4H3/b9-8+/i2D,8D/b6-2?,9-8+. The number of esters is 2. The number of hydrogen-bond donors (Lipinski definition) is 0. The molecule has 18 heavy (non-hydrogen) atoms. The Morgan fingerprint density at radius 3 is 2.33 bits per heavy atom.